The molecule has 0 saturated carbocycles. The van der Waals surface area contributed by atoms with Gasteiger partial charge in [0.25, 0.3) is 0 Å². The van der Waals surface area contributed by atoms with Crippen LogP contribution in [-0.2, 0) is 4.79 Å². The Bertz CT molecular complexity index is 946. The number of rotatable bonds is 3. The zero-order valence-electron chi connectivity index (χ0n) is 14.8. The van der Waals surface area contributed by atoms with Gasteiger partial charge in [-0.1, -0.05) is 0 Å². The van der Waals surface area contributed by atoms with Gasteiger partial charge in [-0.05, 0) is 18.2 Å². The molecule has 0 radical (unpaired) electrons. The van der Waals surface area contributed by atoms with Crippen LogP contribution in [0.2, 0.25) is 0 Å². The number of aromatic nitrogens is 4. The summed E-state index contributed by atoms with van der Waals surface area (Å²) < 4.78 is 6.99. The van der Waals surface area contributed by atoms with Crippen molar-refractivity contribution < 1.29 is 9.53 Å². The Morgan fingerprint density at radius 2 is 1.92 bits per heavy atom. The number of imidazole rings is 1. The minimum atomic E-state index is 0.122. The smallest absolute Gasteiger partial charge is 0.231 e. The number of hydrogen-bond donors (Lipinski definition) is 0. The van der Waals surface area contributed by atoms with Crippen molar-refractivity contribution in [1.82, 2.24) is 24.5 Å². The van der Waals surface area contributed by atoms with Gasteiger partial charge in [0.1, 0.15) is 5.82 Å². The number of amides is 1. The summed E-state index contributed by atoms with van der Waals surface area (Å²) in [6.45, 7) is 4.59. The topological polar surface area (TPSA) is 75.9 Å². The lowest BCUT2D eigenvalue weighted by atomic mass is 10.2. The number of carbonyl (C=O) groups is 1. The molecular formula is C18H20N6O2. The van der Waals surface area contributed by atoms with Gasteiger partial charge in [-0.25, -0.2) is 14.5 Å². The van der Waals surface area contributed by atoms with Gasteiger partial charge >= 0.3 is 0 Å². The second-order valence-electron chi connectivity index (χ2n) is 6.18. The van der Waals surface area contributed by atoms with E-state index in [9.17, 15) is 4.79 Å². The maximum Gasteiger partial charge on any atom is 0.231 e. The van der Waals surface area contributed by atoms with E-state index in [0.717, 1.165) is 48.9 Å². The number of pyridine rings is 1. The molecule has 1 aliphatic rings. The Labute approximate surface area is 151 Å². The second kappa shape index (κ2) is 6.62. The quantitative estimate of drug-likeness (QED) is 0.710. The standard InChI is InChI=1S/C18H20N6O2/c1-13(25)22-7-9-23(10-8-22)17-11-14(5-6-19-17)15-12-20-16-3-4-18(26-2)21-24(15)16/h3-6,11-12H,7-10H2,1-2H3. The number of piperazine rings is 1. The highest BCUT2D eigenvalue weighted by atomic mass is 16.5. The van der Waals surface area contributed by atoms with Crippen LogP contribution in [0.3, 0.4) is 0 Å². The number of ether oxygens (including phenoxy) is 1. The molecule has 0 spiro atoms. The van der Waals surface area contributed by atoms with E-state index in [1.165, 1.54) is 0 Å². The average molecular weight is 352 g/mol. The lowest BCUT2D eigenvalue weighted by Crippen LogP contribution is -2.48. The largest absolute Gasteiger partial charge is 0.480 e. The van der Waals surface area contributed by atoms with Gasteiger partial charge in [0.05, 0.1) is 19.0 Å². The third-order valence-electron chi connectivity index (χ3n) is 4.64. The van der Waals surface area contributed by atoms with Crippen molar-refractivity contribution in [1.29, 1.82) is 0 Å². The van der Waals surface area contributed by atoms with Crippen LogP contribution >= 0.6 is 0 Å². The summed E-state index contributed by atoms with van der Waals surface area (Å²) in [6.07, 6.45) is 3.59. The number of methoxy groups -OCH3 is 1. The fraction of sp³-hybridized carbons (Fsp3) is 0.333. The van der Waals surface area contributed by atoms with Crippen molar-refractivity contribution in [3.05, 3.63) is 36.7 Å². The maximum absolute atomic E-state index is 11.5. The van der Waals surface area contributed by atoms with Crippen molar-refractivity contribution >= 4 is 17.4 Å². The molecule has 0 bridgehead atoms. The molecule has 8 nitrogen and oxygen atoms in total. The first-order chi connectivity index (χ1) is 12.7. The van der Waals surface area contributed by atoms with Crippen LogP contribution in [0.15, 0.2) is 36.7 Å². The van der Waals surface area contributed by atoms with Crippen LogP contribution in [0, 0.1) is 0 Å². The zero-order valence-corrected chi connectivity index (χ0v) is 14.8. The van der Waals surface area contributed by atoms with Gasteiger partial charge in [-0.3, -0.25) is 4.79 Å². The van der Waals surface area contributed by atoms with E-state index >= 15 is 0 Å². The molecule has 4 rings (SSSR count). The number of carbonyl (C=O) groups excluding carboxylic acids is 1. The van der Waals surface area contributed by atoms with Gasteiger partial charge in [0.2, 0.25) is 11.8 Å². The zero-order chi connectivity index (χ0) is 18.1. The lowest BCUT2D eigenvalue weighted by Gasteiger charge is -2.35. The summed E-state index contributed by atoms with van der Waals surface area (Å²) in [5.74, 6) is 1.55. The van der Waals surface area contributed by atoms with E-state index < -0.39 is 0 Å². The van der Waals surface area contributed by atoms with Crippen molar-refractivity contribution in [3.8, 4) is 17.1 Å². The summed E-state index contributed by atoms with van der Waals surface area (Å²) >= 11 is 0. The fourth-order valence-corrected chi connectivity index (χ4v) is 3.16. The highest BCUT2D eigenvalue weighted by molar-refractivity contribution is 5.73. The summed E-state index contributed by atoms with van der Waals surface area (Å²) in [6, 6.07) is 7.64. The van der Waals surface area contributed by atoms with Crippen LogP contribution in [0.25, 0.3) is 16.9 Å². The predicted octanol–water partition coefficient (Wildman–Crippen LogP) is 1.47. The third-order valence-corrected chi connectivity index (χ3v) is 4.64. The van der Waals surface area contributed by atoms with Gasteiger partial charge in [-0.2, -0.15) is 0 Å². The molecule has 8 heteroatoms. The Hall–Kier alpha value is -3.16. The number of anilines is 1. The van der Waals surface area contributed by atoms with Crippen LogP contribution in [0.5, 0.6) is 5.88 Å². The molecule has 4 heterocycles. The normalized spacial score (nSPS) is 14.7. The maximum atomic E-state index is 11.5. The second-order valence-corrected chi connectivity index (χ2v) is 6.18. The molecule has 1 fully saturated rings. The van der Waals surface area contributed by atoms with Crippen molar-refractivity contribution in [2.75, 3.05) is 38.2 Å². The molecule has 0 unspecified atom stereocenters. The van der Waals surface area contributed by atoms with Crippen LogP contribution in [0.1, 0.15) is 6.92 Å². The molecule has 0 N–H and O–H groups in total. The SMILES string of the molecule is COc1ccc2ncc(-c3ccnc(N4CCN(C(C)=O)CC4)c3)n2n1. The summed E-state index contributed by atoms with van der Waals surface area (Å²) in [7, 11) is 1.59. The van der Waals surface area contributed by atoms with Crippen molar-refractivity contribution in [2.45, 2.75) is 6.92 Å². The molecule has 3 aromatic rings. The molecule has 3 aromatic heterocycles. The Balaban J connectivity index is 1.63. The molecule has 0 aromatic carbocycles. The minimum Gasteiger partial charge on any atom is -0.480 e. The fourth-order valence-electron chi connectivity index (χ4n) is 3.16. The molecule has 1 aliphatic heterocycles. The van der Waals surface area contributed by atoms with E-state index in [1.54, 1.807) is 37.0 Å². The first-order valence-electron chi connectivity index (χ1n) is 8.51. The Morgan fingerprint density at radius 1 is 1.12 bits per heavy atom. The van der Waals surface area contributed by atoms with E-state index in [4.69, 9.17) is 4.74 Å². The molecular weight excluding hydrogens is 332 g/mol. The Morgan fingerprint density at radius 3 is 2.65 bits per heavy atom. The van der Waals surface area contributed by atoms with Gasteiger partial charge in [0, 0.05) is 50.9 Å². The molecule has 1 amide bonds. The summed E-state index contributed by atoms with van der Waals surface area (Å²) in [5.41, 5.74) is 2.62. The number of hydrogen-bond acceptors (Lipinski definition) is 6. The molecule has 0 aliphatic carbocycles. The molecule has 134 valence electrons. The summed E-state index contributed by atoms with van der Waals surface area (Å²) in [5, 5.41) is 4.46. The first-order valence-corrected chi connectivity index (χ1v) is 8.51. The van der Waals surface area contributed by atoms with Gasteiger partial charge < -0.3 is 14.5 Å². The molecule has 1 saturated heterocycles. The van der Waals surface area contributed by atoms with Crippen molar-refractivity contribution in [2.24, 2.45) is 0 Å². The van der Waals surface area contributed by atoms with E-state index in [2.05, 4.69) is 20.0 Å². The highest BCUT2D eigenvalue weighted by Gasteiger charge is 2.20. The molecule has 0 atom stereocenters. The van der Waals surface area contributed by atoms with Crippen LogP contribution in [0.4, 0.5) is 5.82 Å². The average Bonchev–Trinajstić information content (AvgIpc) is 3.11. The van der Waals surface area contributed by atoms with Gasteiger partial charge in [0.15, 0.2) is 5.65 Å². The van der Waals surface area contributed by atoms with Crippen LogP contribution in [-0.4, -0.2) is 63.7 Å². The molecule has 26 heavy (non-hydrogen) atoms. The number of nitrogens with zero attached hydrogens (tertiary/aromatic N) is 6. The first kappa shape index (κ1) is 16.3. The van der Waals surface area contributed by atoms with E-state index in [0.29, 0.717) is 5.88 Å². The third kappa shape index (κ3) is 2.94. The predicted molar refractivity (Wildman–Crippen MR) is 97.2 cm³/mol. The number of fused-ring (bicyclic) bond motifs is 1. The van der Waals surface area contributed by atoms with Crippen molar-refractivity contribution in [3.63, 3.8) is 0 Å². The van der Waals surface area contributed by atoms with Gasteiger partial charge in [-0.15, -0.1) is 5.10 Å². The monoisotopic (exact) mass is 352 g/mol. The van der Waals surface area contributed by atoms with E-state index in [1.807, 2.05) is 23.1 Å². The summed E-state index contributed by atoms with van der Waals surface area (Å²) in [4.78, 5) is 24.5. The van der Waals surface area contributed by atoms with E-state index in [-0.39, 0.29) is 5.91 Å². The Kier molecular flexibility index (Phi) is 4.16. The van der Waals surface area contributed by atoms with Crippen LogP contribution < -0.4 is 9.64 Å². The minimum absolute atomic E-state index is 0.122. The lowest BCUT2D eigenvalue weighted by molar-refractivity contribution is -0.129. The highest BCUT2D eigenvalue weighted by Crippen LogP contribution is 2.25.